The molecule has 0 saturated heterocycles. The molecule has 5 rings (SSSR count). The van der Waals surface area contributed by atoms with Crippen LogP contribution in [0.5, 0.6) is 11.6 Å². The molecule has 7 nitrogen and oxygen atoms in total. The number of carbonyl (C=O) groups excluding carboxylic acids is 2. The zero-order valence-corrected chi connectivity index (χ0v) is 20.4. The van der Waals surface area contributed by atoms with Crippen molar-refractivity contribution in [3.8, 4) is 39.7 Å². The summed E-state index contributed by atoms with van der Waals surface area (Å²) in [6.45, 7) is 3.35. The molecule has 1 aliphatic rings. The highest BCUT2D eigenvalue weighted by Gasteiger charge is 2.30. The smallest absolute Gasteiger partial charge is 0.309 e. The molecule has 1 amide bonds. The molecule has 4 aromatic rings. The molecule has 1 heterocycles. The molecule has 1 fully saturated rings. The van der Waals surface area contributed by atoms with Crippen molar-refractivity contribution in [1.82, 2.24) is 9.78 Å². The number of ether oxygens (including phenoxy) is 2. The number of amides is 1. The topological polar surface area (TPSA) is 82.4 Å². The highest BCUT2D eigenvalue weighted by molar-refractivity contribution is 5.95. The van der Waals surface area contributed by atoms with E-state index in [4.69, 9.17) is 14.6 Å². The van der Waals surface area contributed by atoms with Crippen LogP contribution in [0.2, 0.25) is 0 Å². The van der Waals surface area contributed by atoms with Crippen LogP contribution >= 0.6 is 0 Å². The van der Waals surface area contributed by atoms with Crippen LogP contribution in [0.15, 0.2) is 72.8 Å². The van der Waals surface area contributed by atoms with Crippen LogP contribution in [-0.4, -0.2) is 28.8 Å². The van der Waals surface area contributed by atoms with Crippen LogP contribution in [-0.2, 0) is 9.59 Å². The van der Waals surface area contributed by atoms with Crippen LogP contribution in [0.25, 0.3) is 28.1 Å². The van der Waals surface area contributed by atoms with E-state index >= 15 is 0 Å². The number of esters is 1. The maximum Gasteiger partial charge on any atom is 0.309 e. The summed E-state index contributed by atoms with van der Waals surface area (Å²) in [5, 5.41) is 7.91. The van der Waals surface area contributed by atoms with E-state index in [2.05, 4.69) is 5.32 Å². The number of para-hydroxylation sites is 2. The molecule has 0 aliphatic heterocycles. The second-order valence-corrected chi connectivity index (χ2v) is 8.86. The SMILES string of the molecule is COc1ccccc1-c1nn(-c2ccccc2C)c(OC(C)=O)c1-c1ccc(NC(=O)C2CC2)cc1. The van der Waals surface area contributed by atoms with Crippen molar-refractivity contribution in [1.29, 1.82) is 0 Å². The summed E-state index contributed by atoms with van der Waals surface area (Å²) in [5.41, 5.74) is 5.31. The van der Waals surface area contributed by atoms with Gasteiger partial charge in [0.1, 0.15) is 11.4 Å². The first-order chi connectivity index (χ1) is 17.5. The fourth-order valence-electron chi connectivity index (χ4n) is 4.20. The van der Waals surface area contributed by atoms with Gasteiger partial charge in [-0.25, -0.2) is 0 Å². The quantitative estimate of drug-likeness (QED) is 0.338. The number of carbonyl (C=O) groups is 2. The Morgan fingerprint density at radius 3 is 2.33 bits per heavy atom. The molecular weight excluding hydrogens is 454 g/mol. The van der Waals surface area contributed by atoms with Gasteiger partial charge in [-0.05, 0) is 61.2 Å². The van der Waals surface area contributed by atoms with Gasteiger partial charge >= 0.3 is 5.97 Å². The summed E-state index contributed by atoms with van der Waals surface area (Å²) in [4.78, 5) is 24.5. The molecule has 0 spiro atoms. The Morgan fingerprint density at radius 1 is 0.972 bits per heavy atom. The number of anilines is 1. The maximum atomic E-state index is 12.2. The predicted octanol–water partition coefficient (Wildman–Crippen LogP) is 5.80. The van der Waals surface area contributed by atoms with Gasteiger partial charge in [0.05, 0.1) is 18.4 Å². The molecule has 0 unspecified atom stereocenters. The first-order valence-electron chi connectivity index (χ1n) is 11.9. The van der Waals surface area contributed by atoms with Gasteiger partial charge in [-0.2, -0.15) is 9.78 Å². The second-order valence-electron chi connectivity index (χ2n) is 8.86. The highest BCUT2D eigenvalue weighted by Crippen LogP contribution is 2.44. The number of benzene rings is 3. The van der Waals surface area contributed by atoms with Crippen LogP contribution in [0.3, 0.4) is 0 Å². The van der Waals surface area contributed by atoms with Crippen molar-refractivity contribution >= 4 is 17.6 Å². The fraction of sp³-hybridized carbons (Fsp3) is 0.207. The molecule has 0 bridgehead atoms. The van der Waals surface area contributed by atoms with E-state index in [0.29, 0.717) is 22.9 Å². The number of aromatic nitrogens is 2. The summed E-state index contributed by atoms with van der Waals surface area (Å²) >= 11 is 0. The van der Waals surface area contributed by atoms with E-state index in [-0.39, 0.29) is 11.8 Å². The summed E-state index contributed by atoms with van der Waals surface area (Å²) in [5.74, 6) is 0.671. The van der Waals surface area contributed by atoms with Crippen molar-refractivity contribution in [3.63, 3.8) is 0 Å². The molecular formula is C29H27N3O4. The molecule has 182 valence electrons. The molecule has 0 radical (unpaired) electrons. The van der Waals surface area contributed by atoms with Gasteiger partial charge in [0.2, 0.25) is 11.8 Å². The van der Waals surface area contributed by atoms with Gasteiger partial charge in [-0.15, -0.1) is 0 Å². The lowest BCUT2D eigenvalue weighted by molar-refractivity contribution is -0.132. The van der Waals surface area contributed by atoms with Gasteiger partial charge in [-0.3, -0.25) is 9.59 Å². The fourth-order valence-corrected chi connectivity index (χ4v) is 4.20. The predicted molar refractivity (Wildman–Crippen MR) is 138 cm³/mol. The zero-order chi connectivity index (χ0) is 25.2. The Kier molecular flexibility index (Phi) is 6.29. The van der Waals surface area contributed by atoms with E-state index in [0.717, 1.165) is 40.9 Å². The Hall–Kier alpha value is -4.39. The van der Waals surface area contributed by atoms with E-state index in [1.807, 2.05) is 79.7 Å². The number of hydrogen-bond acceptors (Lipinski definition) is 5. The average Bonchev–Trinajstić information content (AvgIpc) is 3.67. The standard InChI is InChI=1S/C29H27N3O4/c1-18-8-4-6-10-24(18)32-29(36-19(2)33)26(27(31-32)23-9-5-7-11-25(23)35-3)20-14-16-22(17-15-20)30-28(34)21-12-13-21/h4-11,14-17,21H,12-13H2,1-3H3,(H,30,34). The summed E-state index contributed by atoms with van der Waals surface area (Å²) in [6, 6.07) is 22.9. The number of methoxy groups -OCH3 is 1. The molecule has 1 saturated carbocycles. The van der Waals surface area contributed by atoms with Crippen molar-refractivity contribution in [2.45, 2.75) is 26.7 Å². The number of hydrogen-bond donors (Lipinski definition) is 1. The molecule has 7 heteroatoms. The van der Waals surface area contributed by atoms with Gasteiger partial charge < -0.3 is 14.8 Å². The van der Waals surface area contributed by atoms with Crippen molar-refractivity contribution in [3.05, 3.63) is 78.4 Å². The largest absolute Gasteiger partial charge is 0.496 e. The van der Waals surface area contributed by atoms with Crippen LogP contribution in [0, 0.1) is 12.8 Å². The van der Waals surface area contributed by atoms with Crippen molar-refractivity contribution < 1.29 is 19.1 Å². The lowest BCUT2D eigenvalue weighted by Crippen LogP contribution is -2.13. The number of nitrogens with zero attached hydrogens (tertiary/aromatic N) is 2. The first kappa shape index (κ1) is 23.4. The Labute approximate surface area is 209 Å². The van der Waals surface area contributed by atoms with Crippen molar-refractivity contribution in [2.75, 3.05) is 12.4 Å². The Morgan fingerprint density at radius 2 is 1.67 bits per heavy atom. The highest BCUT2D eigenvalue weighted by atomic mass is 16.5. The van der Waals surface area contributed by atoms with Crippen LogP contribution in [0.1, 0.15) is 25.3 Å². The third-order valence-electron chi connectivity index (χ3n) is 6.18. The number of aryl methyl sites for hydroxylation is 1. The van der Waals surface area contributed by atoms with Crippen LogP contribution < -0.4 is 14.8 Å². The van der Waals surface area contributed by atoms with E-state index < -0.39 is 5.97 Å². The molecule has 1 aliphatic carbocycles. The lowest BCUT2D eigenvalue weighted by atomic mass is 10.00. The third-order valence-corrected chi connectivity index (χ3v) is 6.18. The average molecular weight is 482 g/mol. The normalized spacial score (nSPS) is 12.8. The monoisotopic (exact) mass is 481 g/mol. The lowest BCUT2D eigenvalue weighted by Gasteiger charge is -2.12. The molecule has 3 aromatic carbocycles. The molecule has 0 atom stereocenters. The van der Waals surface area contributed by atoms with E-state index in [1.165, 1.54) is 6.92 Å². The minimum absolute atomic E-state index is 0.0467. The minimum Gasteiger partial charge on any atom is -0.496 e. The van der Waals surface area contributed by atoms with Gasteiger partial charge in [0.25, 0.3) is 0 Å². The number of nitrogens with one attached hydrogen (secondary N) is 1. The second kappa shape index (κ2) is 9.70. The molecule has 1 N–H and O–H groups in total. The zero-order valence-electron chi connectivity index (χ0n) is 20.4. The van der Waals surface area contributed by atoms with Gasteiger partial charge in [0, 0.05) is 24.1 Å². The van der Waals surface area contributed by atoms with Crippen LogP contribution in [0.4, 0.5) is 5.69 Å². The Balaban J connectivity index is 1.71. The maximum absolute atomic E-state index is 12.2. The first-order valence-corrected chi connectivity index (χ1v) is 11.9. The molecule has 1 aromatic heterocycles. The third kappa shape index (κ3) is 4.60. The number of rotatable bonds is 7. The summed E-state index contributed by atoms with van der Waals surface area (Å²) < 4.78 is 13.1. The minimum atomic E-state index is -0.453. The Bertz CT molecular complexity index is 1440. The summed E-state index contributed by atoms with van der Waals surface area (Å²) in [7, 11) is 1.61. The van der Waals surface area contributed by atoms with Gasteiger partial charge in [-0.1, -0.05) is 42.5 Å². The van der Waals surface area contributed by atoms with E-state index in [1.54, 1.807) is 11.8 Å². The summed E-state index contributed by atoms with van der Waals surface area (Å²) in [6.07, 6.45) is 1.88. The van der Waals surface area contributed by atoms with E-state index in [9.17, 15) is 9.59 Å². The molecule has 36 heavy (non-hydrogen) atoms. The van der Waals surface area contributed by atoms with Gasteiger partial charge in [0.15, 0.2) is 0 Å². The van der Waals surface area contributed by atoms with Crippen molar-refractivity contribution in [2.24, 2.45) is 5.92 Å².